The van der Waals surface area contributed by atoms with Crippen molar-refractivity contribution in [1.82, 2.24) is 10.2 Å². The molecule has 0 saturated heterocycles. The fourth-order valence-corrected chi connectivity index (χ4v) is 3.26. The average Bonchev–Trinajstić information content (AvgIpc) is 2.61. The zero-order chi connectivity index (χ0) is 12.4. The van der Waals surface area contributed by atoms with E-state index in [0.29, 0.717) is 17.2 Å². The summed E-state index contributed by atoms with van der Waals surface area (Å²) in [4.78, 5) is 11.1. The van der Waals surface area contributed by atoms with Gasteiger partial charge in [0.05, 0.1) is 5.69 Å². The van der Waals surface area contributed by atoms with Crippen molar-refractivity contribution in [2.75, 3.05) is 5.32 Å². The van der Waals surface area contributed by atoms with Crippen molar-refractivity contribution in [3.8, 4) is 0 Å². The van der Waals surface area contributed by atoms with Gasteiger partial charge in [-0.1, -0.05) is 13.8 Å². The normalized spacial score (nSPS) is 27.3. The van der Waals surface area contributed by atoms with Gasteiger partial charge in [0.2, 0.25) is 5.91 Å². The van der Waals surface area contributed by atoms with Gasteiger partial charge in [-0.05, 0) is 35.8 Å². The molecule has 2 aliphatic rings. The van der Waals surface area contributed by atoms with E-state index in [2.05, 4.69) is 29.4 Å². The number of fused-ring (bicyclic) bond motifs is 3. The second-order valence-electron chi connectivity index (χ2n) is 5.83. The van der Waals surface area contributed by atoms with Crippen LogP contribution >= 0.6 is 0 Å². The van der Waals surface area contributed by atoms with Gasteiger partial charge in [-0.15, -0.1) is 5.10 Å². The number of amides is 1. The number of nitrogens with zero attached hydrogens (tertiary/aromatic N) is 2. The second kappa shape index (κ2) is 3.06. The van der Waals surface area contributed by atoms with Crippen LogP contribution in [0.25, 0.3) is 0 Å². The van der Waals surface area contributed by atoms with Crippen molar-refractivity contribution in [2.45, 2.75) is 40.0 Å². The number of rotatable bonds is 1. The maximum atomic E-state index is 11.1. The van der Waals surface area contributed by atoms with Crippen molar-refractivity contribution >= 4 is 11.7 Å². The van der Waals surface area contributed by atoms with Crippen LogP contribution in [0, 0.1) is 18.3 Å². The molecule has 90 valence electrons. The highest BCUT2D eigenvalue weighted by Gasteiger charge is 2.63. The molecule has 1 aromatic heterocycles. The van der Waals surface area contributed by atoms with Crippen molar-refractivity contribution in [2.24, 2.45) is 11.3 Å². The lowest BCUT2D eigenvalue weighted by Gasteiger charge is -2.14. The highest BCUT2D eigenvalue weighted by Crippen LogP contribution is 2.69. The van der Waals surface area contributed by atoms with Crippen LogP contribution in [0.5, 0.6) is 0 Å². The van der Waals surface area contributed by atoms with E-state index in [0.717, 1.165) is 23.6 Å². The van der Waals surface area contributed by atoms with Crippen LogP contribution in [-0.4, -0.2) is 16.1 Å². The molecule has 1 N–H and O–H groups in total. The first-order chi connectivity index (χ1) is 7.93. The van der Waals surface area contributed by atoms with Crippen molar-refractivity contribution in [1.29, 1.82) is 0 Å². The molecule has 0 aromatic carbocycles. The summed E-state index contributed by atoms with van der Waals surface area (Å²) in [6.07, 6.45) is 1.08. The SMILES string of the molecule is CC(=O)Nc1nnc2c(c1C)C[C@H]1[C@H]2C1(C)C. The number of hydrogen-bond donors (Lipinski definition) is 1. The Morgan fingerprint density at radius 2 is 2.12 bits per heavy atom. The number of carbonyl (C=O) groups excluding carboxylic acids is 1. The molecule has 0 bridgehead atoms. The third-order valence-corrected chi connectivity index (χ3v) is 4.44. The monoisotopic (exact) mass is 231 g/mol. The van der Waals surface area contributed by atoms with E-state index < -0.39 is 0 Å². The van der Waals surface area contributed by atoms with Crippen molar-refractivity contribution < 1.29 is 4.79 Å². The third-order valence-electron chi connectivity index (χ3n) is 4.44. The minimum atomic E-state index is -0.0918. The lowest BCUT2D eigenvalue weighted by Crippen LogP contribution is -2.13. The van der Waals surface area contributed by atoms with Crippen LogP contribution in [-0.2, 0) is 11.2 Å². The van der Waals surface area contributed by atoms with Crippen LogP contribution < -0.4 is 5.32 Å². The molecule has 2 atom stereocenters. The van der Waals surface area contributed by atoms with E-state index in [1.807, 2.05) is 6.92 Å². The number of aromatic nitrogens is 2. The summed E-state index contributed by atoms with van der Waals surface area (Å²) in [7, 11) is 0. The van der Waals surface area contributed by atoms with Crippen LogP contribution in [0.3, 0.4) is 0 Å². The van der Waals surface area contributed by atoms with Gasteiger partial charge in [-0.3, -0.25) is 4.79 Å². The van der Waals surface area contributed by atoms with E-state index in [1.165, 1.54) is 12.5 Å². The molecule has 1 saturated carbocycles. The van der Waals surface area contributed by atoms with Gasteiger partial charge >= 0.3 is 0 Å². The standard InChI is InChI=1S/C13H17N3O/c1-6-8-5-9-10(13(9,3)4)11(8)15-16-12(6)14-7(2)17/h9-10H,5H2,1-4H3,(H,14,16,17)/t9-,10+/m0/s1. The quantitative estimate of drug-likeness (QED) is 0.804. The molecule has 0 unspecified atom stereocenters. The topological polar surface area (TPSA) is 54.9 Å². The Morgan fingerprint density at radius 3 is 2.76 bits per heavy atom. The Hall–Kier alpha value is -1.45. The summed E-state index contributed by atoms with van der Waals surface area (Å²) in [5.74, 6) is 1.83. The van der Waals surface area contributed by atoms with Crippen LogP contribution in [0.15, 0.2) is 0 Å². The van der Waals surface area contributed by atoms with Crippen LogP contribution in [0.4, 0.5) is 5.82 Å². The molecule has 1 aromatic rings. The van der Waals surface area contributed by atoms with E-state index in [1.54, 1.807) is 0 Å². The van der Waals surface area contributed by atoms with Gasteiger partial charge < -0.3 is 5.32 Å². The summed E-state index contributed by atoms with van der Waals surface area (Å²) >= 11 is 0. The summed E-state index contributed by atoms with van der Waals surface area (Å²) in [6, 6.07) is 0. The van der Waals surface area contributed by atoms with Gasteiger partial charge in [0.1, 0.15) is 0 Å². The minimum absolute atomic E-state index is 0.0918. The van der Waals surface area contributed by atoms with E-state index in [9.17, 15) is 4.79 Å². The molecular formula is C13H17N3O. The van der Waals surface area contributed by atoms with Crippen LogP contribution in [0.2, 0.25) is 0 Å². The zero-order valence-corrected chi connectivity index (χ0v) is 10.7. The Bertz CT molecular complexity index is 522. The predicted molar refractivity (Wildman–Crippen MR) is 64.8 cm³/mol. The summed E-state index contributed by atoms with van der Waals surface area (Å²) in [5.41, 5.74) is 3.95. The van der Waals surface area contributed by atoms with Gasteiger partial charge in [0.25, 0.3) is 0 Å². The summed E-state index contributed by atoms with van der Waals surface area (Å²) in [5, 5.41) is 11.2. The Balaban J connectivity index is 2.00. The molecule has 1 fully saturated rings. The third kappa shape index (κ3) is 1.33. The Labute approximate surface area is 101 Å². The minimum Gasteiger partial charge on any atom is -0.309 e. The molecule has 2 aliphatic carbocycles. The number of hydrogen-bond acceptors (Lipinski definition) is 3. The van der Waals surface area contributed by atoms with Gasteiger partial charge in [0, 0.05) is 12.8 Å². The molecule has 17 heavy (non-hydrogen) atoms. The lowest BCUT2D eigenvalue weighted by atomic mass is 9.96. The molecule has 1 amide bonds. The van der Waals surface area contributed by atoms with E-state index in [4.69, 9.17) is 0 Å². The summed E-state index contributed by atoms with van der Waals surface area (Å²) in [6.45, 7) is 8.11. The maximum absolute atomic E-state index is 11.1. The Morgan fingerprint density at radius 1 is 1.41 bits per heavy atom. The molecular weight excluding hydrogens is 214 g/mol. The van der Waals surface area contributed by atoms with E-state index >= 15 is 0 Å². The largest absolute Gasteiger partial charge is 0.309 e. The maximum Gasteiger partial charge on any atom is 0.222 e. The van der Waals surface area contributed by atoms with Gasteiger partial charge in [-0.2, -0.15) is 5.10 Å². The molecule has 3 rings (SSSR count). The first kappa shape index (κ1) is 10.7. The Kier molecular flexibility index (Phi) is 1.92. The fraction of sp³-hybridized carbons (Fsp3) is 0.615. The van der Waals surface area contributed by atoms with Crippen molar-refractivity contribution in [3.63, 3.8) is 0 Å². The first-order valence-electron chi connectivity index (χ1n) is 6.06. The fourth-order valence-electron chi connectivity index (χ4n) is 3.26. The van der Waals surface area contributed by atoms with E-state index in [-0.39, 0.29) is 5.91 Å². The number of anilines is 1. The van der Waals surface area contributed by atoms with Crippen LogP contribution in [0.1, 0.15) is 43.5 Å². The molecule has 4 nitrogen and oxygen atoms in total. The van der Waals surface area contributed by atoms with Crippen molar-refractivity contribution in [3.05, 3.63) is 16.8 Å². The average molecular weight is 231 g/mol. The number of carbonyl (C=O) groups is 1. The lowest BCUT2D eigenvalue weighted by molar-refractivity contribution is -0.114. The molecule has 1 heterocycles. The highest BCUT2D eigenvalue weighted by molar-refractivity contribution is 5.88. The molecule has 0 radical (unpaired) electrons. The molecule has 4 heteroatoms. The summed E-state index contributed by atoms with van der Waals surface area (Å²) < 4.78 is 0. The zero-order valence-electron chi connectivity index (χ0n) is 10.7. The van der Waals surface area contributed by atoms with Gasteiger partial charge in [0.15, 0.2) is 5.82 Å². The predicted octanol–water partition coefficient (Wildman–Crippen LogP) is 2.04. The molecule has 0 spiro atoms. The first-order valence-corrected chi connectivity index (χ1v) is 6.06. The smallest absolute Gasteiger partial charge is 0.222 e. The second-order valence-corrected chi connectivity index (χ2v) is 5.83. The van der Waals surface area contributed by atoms with Gasteiger partial charge in [-0.25, -0.2) is 0 Å². The number of nitrogens with one attached hydrogen (secondary N) is 1. The highest BCUT2D eigenvalue weighted by atomic mass is 16.1. The molecule has 0 aliphatic heterocycles.